The lowest BCUT2D eigenvalue weighted by Crippen LogP contribution is -2.54. The van der Waals surface area contributed by atoms with Crippen molar-refractivity contribution in [2.75, 3.05) is 0 Å². The number of rotatable bonds is 3. The Bertz CT molecular complexity index is 206. The molecule has 0 bridgehead atoms. The van der Waals surface area contributed by atoms with Crippen molar-refractivity contribution in [1.82, 2.24) is 0 Å². The Morgan fingerprint density at radius 1 is 1.46 bits per heavy atom. The summed E-state index contributed by atoms with van der Waals surface area (Å²) in [5.41, 5.74) is -1.51. The molecule has 0 heterocycles. The van der Waals surface area contributed by atoms with Gasteiger partial charge in [-0.25, -0.2) is 4.79 Å². The van der Waals surface area contributed by atoms with Crippen LogP contribution in [-0.2, 0) is 4.79 Å². The topological polar surface area (TPSA) is 57.5 Å². The second-order valence-corrected chi connectivity index (χ2v) is 4.56. The second kappa shape index (κ2) is 3.29. The quantitative estimate of drug-likeness (QED) is 0.702. The van der Waals surface area contributed by atoms with Crippen molar-refractivity contribution in [3.63, 3.8) is 0 Å². The van der Waals surface area contributed by atoms with Gasteiger partial charge in [0.05, 0.1) is 0 Å². The molecule has 1 fully saturated rings. The van der Waals surface area contributed by atoms with E-state index in [0.717, 1.165) is 12.8 Å². The summed E-state index contributed by atoms with van der Waals surface area (Å²) < 4.78 is 0. The maximum atomic E-state index is 11.0. The highest BCUT2D eigenvalue weighted by Gasteiger charge is 2.50. The van der Waals surface area contributed by atoms with Crippen LogP contribution in [0.15, 0.2) is 0 Å². The van der Waals surface area contributed by atoms with Crippen LogP contribution in [0.25, 0.3) is 0 Å². The minimum absolute atomic E-state index is 0.0556. The van der Waals surface area contributed by atoms with Crippen molar-refractivity contribution in [3.05, 3.63) is 0 Å². The van der Waals surface area contributed by atoms with Crippen molar-refractivity contribution in [2.24, 2.45) is 17.8 Å². The monoisotopic (exact) mass is 186 g/mol. The highest BCUT2D eigenvalue weighted by molar-refractivity contribution is 5.78. The smallest absolute Gasteiger partial charge is 0.336 e. The summed E-state index contributed by atoms with van der Waals surface area (Å²) in [5.74, 6) is -0.781. The molecule has 0 aromatic rings. The van der Waals surface area contributed by atoms with E-state index in [2.05, 4.69) is 6.92 Å². The summed E-state index contributed by atoms with van der Waals surface area (Å²) in [6, 6.07) is 0. The van der Waals surface area contributed by atoms with Gasteiger partial charge in [0, 0.05) is 0 Å². The fourth-order valence-corrected chi connectivity index (χ4v) is 2.15. The van der Waals surface area contributed by atoms with Crippen molar-refractivity contribution in [2.45, 2.75) is 39.2 Å². The predicted molar refractivity (Wildman–Crippen MR) is 49.3 cm³/mol. The molecular weight excluding hydrogens is 168 g/mol. The van der Waals surface area contributed by atoms with E-state index in [-0.39, 0.29) is 11.8 Å². The fourth-order valence-electron chi connectivity index (χ4n) is 2.15. The molecule has 0 aromatic heterocycles. The first-order valence-corrected chi connectivity index (χ1v) is 4.84. The lowest BCUT2D eigenvalue weighted by atomic mass is 9.63. The number of aliphatic carboxylic acids is 1. The SMILES string of the molecule is CC1CC(C(O)(C(=O)O)C(C)C)C1. The zero-order valence-corrected chi connectivity index (χ0v) is 8.45. The predicted octanol–water partition coefficient (Wildman–Crippen LogP) is 1.50. The van der Waals surface area contributed by atoms with Gasteiger partial charge in [0.1, 0.15) is 0 Å². The molecule has 3 nitrogen and oxygen atoms in total. The first-order valence-electron chi connectivity index (χ1n) is 4.84. The van der Waals surface area contributed by atoms with Crippen molar-refractivity contribution in [1.29, 1.82) is 0 Å². The summed E-state index contributed by atoms with van der Waals surface area (Å²) >= 11 is 0. The first kappa shape index (κ1) is 10.5. The van der Waals surface area contributed by atoms with Crippen LogP contribution in [0.1, 0.15) is 33.6 Å². The third kappa shape index (κ3) is 1.57. The summed E-state index contributed by atoms with van der Waals surface area (Å²) in [6.45, 7) is 5.60. The molecule has 0 aliphatic heterocycles. The number of carboxylic acids is 1. The lowest BCUT2D eigenvalue weighted by Gasteiger charge is -2.44. The average molecular weight is 186 g/mol. The zero-order valence-electron chi connectivity index (χ0n) is 8.45. The van der Waals surface area contributed by atoms with Gasteiger partial charge < -0.3 is 10.2 Å². The zero-order chi connectivity index (χ0) is 10.2. The van der Waals surface area contributed by atoms with Gasteiger partial charge in [0.25, 0.3) is 0 Å². The Labute approximate surface area is 78.8 Å². The molecular formula is C10H18O3. The van der Waals surface area contributed by atoms with E-state index in [1.165, 1.54) is 0 Å². The van der Waals surface area contributed by atoms with Gasteiger partial charge in [-0.1, -0.05) is 20.8 Å². The third-order valence-electron chi connectivity index (χ3n) is 3.22. The van der Waals surface area contributed by atoms with Gasteiger partial charge in [-0.3, -0.25) is 0 Å². The molecule has 1 aliphatic carbocycles. The number of carbonyl (C=O) groups is 1. The summed E-state index contributed by atoms with van der Waals surface area (Å²) in [7, 11) is 0. The molecule has 1 aliphatic rings. The Kier molecular flexibility index (Phi) is 2.66. The maximum Gasteiger partial charge on any atom is 0.336 e. The van der Waals surface area contributed by atoms with Crippen LogP contribution in [0.3, 0.4) is 0 Å². The van der Waals surface area contributed by atoms with E-state index in [0.29, 0.717) is 5.92 Å². The van der Waals surface area contributed by atoms with Crippen molar-refractivity contribution < 1.29 is 15.0 Å². The molecule has 3 heteroatoms. The van der Waals surface area contributed by atoms with Crippen LogP contribution >= 0.6 is 0 Å². The highest BCUT2D eigenvalue weighted by Crippen LogP contribution is 2.43. The number of carboxylic acid groups (broad SMARTS) is 1. The van der Waals surface area contributed by atoms with E-state index in [1.54, 1.807) is 13.8 Å². The van der Waals surface area contributed by atoms with Crippen LogP contribution in [-0.4, -0.2) is 21.8 Å². The lowest BCUT2D eigenvalue weighted by molar-refractivity contribution is -0.179. The van der Waals surface area contributed by atoms with E-state index in [1.807, 2.05) is 0 Å². The van der Waals surface area contributed by atoms with E-state index in [9.17, 15) is 9.90 Å². The van der Waals surface area contributed by atoms with Gasteiger partial charge in [-0.2, -0.15) is 0 Å². The number of hydrogen-bond acceptors (Lipinski definition) is 2. The van der Waals surface area contributed by atoms with E-state index >= 15 is 0 Å². The van der Waals surface area contributed by atoms with Crippen LogP contribution in [0.2, 0.25) is 0 Å². The van der Waals surface area contributed by atoms with Gasteiger partial charge in [-0.15, -0.1) is 0 Å². The van der Waals surface area contributed by atoms with Gasteiger partial charge in [0.2, 0.25) is 0 Å². The molecule has 1 atom stereocenters. The van der Waals surface area contributed by atoms with Crippen LogP contribution in [0.4, 0.5) is 0 Å². The van der Waals surface area contributed by atoms with Crippen molar-refractivity contribution in [3.8, 4) is 0 Å². The first-order chi connectivity index (χ1) is 5.89. The summed E-state index contributed by atoms with van der Waals surface area (Å²) in [5, 5.41) is 19.0. The number of hydrogen-bond donors (Lipinski definition) is 2. The Hall–Kier alpha value is -0.570. The van der Waals surface area contributed by atoms with Gasteiger partial charge in [0.15, 0.2) is 5.60 Å². The Morgan fingerprint density at radius 3 is 2.15 bits per heavy atom. The minimum atomic E-state index is -1.51. The molecule has 0 amide bonds. The van der Waals surface area contributed by atoms with E-state index < -0.39 is 11.6 Å². The summed E-state index contributed by atoms with van der Waals surface area (Å²) in [4.78, 5) is 11.0. The molecule has 13 heavy (non-hydrogen) atoms. The normalized spacial score (nSPS) is 32.4. The maximum absolute atomic E-state index is 11.0. The molecule has 1 unspecified atom stereocenters. The fraction of sp³-hybridized carbons (Fsp3) is 0.900. The standard InChI is InChI=1S/C10H18O3/c1-6(2)10(13,9(11)12)8-4-7(3)5-8/h6-8,13H,4-5H2,1-3H3,(H,11,12). The average Bonchev–Trinajstić information content (AvgIpc) is 1.96. The molecule has 0 spiro atoms. The van der Waals surface area contributed by atoms with Crippen LogP contribution in [0, 0.1) is 17.8 Å². The molecule has 1 saturated carbocycles. The minimum Gasteiger partial charge on any atom is -0.479 e. The molecule has 1 rings (SSSR count). The number of aliphatic hydroxyl groups is 1. The van der Waals surface area contributed by atoms with Crippen LogP contribution < -0.4 is 0 Å². The molecule has 0 radical (unpaired) electrons. The second-order valence-electron chi connectivity index (χ2n) is 4.56. The molecule has 0 saturated heterocycles. The van der Waals surface area contributed by atoms with Gasteiger partial charge in [-0.05, 0) is 30.6 Å². The third-order valence-corrected chi connectivity index (χ3v) is 3.22. The van der Waals surface area contributed by atoms with Crippen molar-refractivity contribution >= 4 is 5.97 Å². The van der Waals surface area contributed by atoms with Gasteiger partial charge >= 0.3 is 5.97 Å². The molecule has 0 aromatic carbocycles. The molecule has 76 valence electrons. The largest absolute Gasteiger partial charge is 0.479 e. The molecule has 2 N–H and O–H groups in total. The van der Waals surface area contributed by atoms with Crippen LogP contribution in [0.5, 0.6) is 0 Å². The Balaban J connectivity index is 2.74. The summed E-state index contributed by atoms with van der Waals surface area (Å²) in [6.07, 6.45) is 1.67. The highest BCUT2D eigenvalue weighted by atomic mass is 16.4. The Morgan fingerprint density at radius 2 is 1.92 bits per heavy atom. The van der Waals surface area contributed by atoms with E-state index in [4.69, 9.17) is 5.11 Å².